The number of hydrogen-bond acceptors (Lipinski definition) is 3. The molecule has 0 aliphatic heterocycles. The van der Waals surface area contributed by atoms with Gasteiger partial charge in [0.15, 0.2) is 5.11 Å². The number of hydrogen-bond donors (Lipinski definition) is 2. The number of benzene rings is 1. The Balaban J connectivity index is 1.96. The lowest BCUT2D eigenvalue weighted by Crippen LogP contribution is -2.29. The Morgan fingerprint density at radius 1 is 1.29 bits per heavy atom. The Hall–Kier alpha value is -1.72. The van der Waals surface area contributed by atoms with E-state index in [0.717, 1.165) is 48.5 Å². The molecule has 0 fully saturated rings. The van der Waals surface area contributed by atoms with Gasteiger partial charge in [0.25, 0.3) is 0 Å². The van der Waals surface area contributed by atoms with Gasteiger partial charge in [-0.05, 0) is 44.6 Å². The fourth-order valence-corrected chi connectivity index (χ4v) is 2.24. The van der Waals surface area contributed by atoms with Crippen molar-refractivity contribution < 1.29 is 4.74 Å². The molecule has 1 heterocycles. The fraction of sp³-hybridized carbons (Fsp3) is 0.375. The summed E-state index contributed by atoms with van der Waals surface area (Å²) in [6.45, 7) is 6.28. The summed E-state index contributed by atoms with van der Waals surface area (Å²) >= 11 is 5.32. The summed E-state index contributed by atoms with van der Waals surface area (Å²) in [6.07, 6.45) is 0.933. The molecular formula is C16H21N3OS. The van der Waals surface area contributed by atoms with E-state index in [1.807, 2.05) is 38.1 Å². The van der Waals surface area contributed by atoms with Crippen LogP contribution in [0.15, 0.2) is 30.3 Å². The zero-order valence-electron chi connectivity index (χ0n) is 12.5. The largest absolute Gasteiger partial charge is 0.382 e. The van der Waals surface area contributed by atoms with Crippen molar-refractivity contribution in [1.82, 2.24) is 10.3 Å². The van der Waals surface area contributed by atoms with Crippen LogP contribution in [0.3, 0.4) is 0 Å². The molecule has 0 spiro atoms. The molecule has 2 N–H and O–H groups in total. The number of nitrogens with one attached hydrogen (secondary N) is 2. The first-order valence-electron chi connectivity index (χ1n) is 7.19. The van der Waals surface area contributed by atoms with Gasteiger partial charge in [-0.25, -0.2) is 0 Å². The molecule has 0 aliphatic rings. The summed E-state index contributed by atoms with van der Waals surface area (Å²) in [5.74, 6) is 0. The van der Waals surface area contributed by atoms with Crippen LogP contribution < -0.4 is 10.6 Å². The quantitative estimate of drug-likeness (QED) is 0.633. The zero-order chi connectivity index (χ0) is 15.1. The second kappa shape index (κ2) is 7.90. The molecule has 0 amide bonds. The normalized spacial score (nSPS) is 10.6. The molecule has 1 aromatic carbocycles. The number of anilines is 1. The molecule has 1 aromatic heterocycles. The lowest BCUT2D eigenvalue weighted by atomic mass is 10.2. The van der Waals surface area contributed by atoms with Crippen molar-refractivity contribution in [3.63, 3.8) is 0 Å². The summed E-state index contributed by atoms with van der Waals surface area (Å²) in [5, 5.41) is 8.12. The Kier molecular flexibility index (Phi) is 5.90. The standard InChI is InChI=1S/C16H21N3OS/c1-3-20-11-5-10-17-16(21)19-14-7-4-6-13-9-8-12(2)18-15(13)14/h4,6-9H,3,5,10-11H2,1-2H3,(H2,17,19,21). The number of para-hydroxylation sites is 1. The van der Waals surface area contributed by atoms with Gasteiger partial charge in [0.1, 0.15) is 0 Å². The van der Waals surface area contributed by atoms with Gasteiger partial charge < -0.3 is 15.4 Å². The monoisotopic (exact) mass is 303 g/mol. The fourth-order valence-electron chi connectivity index (χ4n) is 2.03. The van der Waals surface area contributed by atoms with Crippen molar-refractivity contribution in [3.05, 3.63) is 36.0 Å². The topological polar surface area (TPSA) is 46.2 Å². The van der Waals surface area contributed by atoms with Crippen LogP contribution in [0, 0.1) is 6.92 Å². The number of aryl methyl sites for hydroxylation is 1. The number of aromatic nitrogens is 1. The molecule has 0 aliphatic carbocycles. The minimum absolute atomic E-state index is 0.613. The molecule has 2 rings (SSSR count). The van der Waals surface area contributed by atoms with Gasteiger partial charge in [0, 0.05) is 30.8 Å². The Labute approximate surface area is 130 Å². The van der Waals surface area contributed by atoms with Gasteiger partial charge in [-0.3, -0.25) is 4.98 Å². The Morgan fingerprint density at radius 2 is 2.14 bits per heavy atom. The number of nitrogens with zero attached hydrogens (tertiary/aromatic N) is 1. The highest BCUT2D eigenvalue weighted by molar-refractivity contribution is 7.80. The zero-order valence-corrected chi connectivity index (χ0v) is 13.3. The van der Waals surface area contributed by atoms with E-state index in [0.29, 0.717) is 5.11 Å². The Bertz CT molecular complexity index is 615. The molecule has 0 radical (unpaired) electrons. The number of pyridine rings is 1. The molecule has 5 heteroatoms. The number of fused-ring (bicyclic) bond motifs is 1. The summed E-state index contributed by atoms with van der Waals surface area (Å²) in [7, 11) is 0. The molecular weight excluding hydrogens is 282 g/mol. The lowest BCUT2D eigenvalue weighted by molar-refractivity contribution is 0.146. The summed E-state index contributed by atoms with van der Waals surface area (Å²) < 4.78 is 5.29. The average molecular weight is 303 g/mol. The summed E-state index contributed by atoms with van der Waals surface area (Å²) in [5.41, 5.74) is 2.86. The van der Waals surface area contributed by atoms with E-state index in [2.05, 4.69) is 21.7 Å². The number of rotatable bonds is 6. The molecule has 0 bridgehead atoms. The highest BCUT2D eigenvalue weighted by atomic mass is 32.1. The smallest absolute Gasteiger partial charge is 0.170 e. The number of ether oxygens (including phenoxy) is 1. The van der Waals surface area contributed by atoms with E-state index < -0.39 is 0 Å². The first kappa shape index (κ1) is 15.7. The van der Waals surface area contributed by atoms with Crippen LogP contribution >= 0.6 is 12.2 Å². The second-order valence-corrected chi connectivity index (χ2v) is 5.17. The van der Waals surface area contributed by atoms with Gasteiger partial charge in [0.05, 0.1) is 11.2 Å². The molecule has 4 nitrogen and oxygen atoms in total. The summed E-state index contributed by atoms with van der Waals surface area (Å²) in [4.78, 5) is 4.58. The molecule has 0 atom stereocenters. The lowest BCUT2D eigenvalue weighted by Gasteiger charge is -2.12. The molecule has 21 heavy (non-hydrogen) atoms. The van der Waals surface area contributed by atoms with E-state index in [-0.39, 0.29) is 0 Å². The summed E-state index contributed by atoms with van der Waals surface area (Å²) in [6, 6.07) is 10.1. The third kappa shape index (κ3) is 4.65. The van der Waals surface area contributed by atoms with Gasteiger partial charge in [0.2, 0.25) is 0 Å². The van der Waals surface area contributed by atoms with E-state index in [9.17, 15) is 0 Å². The molecule has 0 saturated carbocycles. The maximum absolute atomic E-state index is 5.32. The second-order valence-electron chi connectivity index (χ2n) is 4.76. The van der Waals surface area contributed by atoms with Crippen LogP contribution in [-0.2, 0) is 4.74 Å². The van der Waals surface area contributed by atoms with Crippen molar-refractivity contribution in [1.29, 1.82) is 0 Å². The predicted octanol–water partition coefficient (Wildman–Crippen LogP) is 3.26. The van der Waals surface area contributed by atoms with Crippen LogP contribution in [0.1, 0.15) is 19.0 Å². The van der Waals surface area contributed by atoms with Crippen molar-refractivity contribution in [2.75, 3.05) is 25.1 Å². The Morgan fingerprint density at radius 3 is 2.95 bits per heavy atom. The molecule has 112 valence electrons. The molecule has 0 saturated heterocycles. The van der Waals surface area contributed by atoms with Gasteiger partial charge in [-0.15, -0.1) is 0 Å². The van der Waals surface area contributed by atoms with E-state index in [1.165, 1.54) is 0 Å². The third-order valence-corrected chi connectivity index (χ3v) is 3.31. The average Bonchev–Trinajstić information content (AvgIpc) is 2.48. The van der Waals surface area contributed by atoms with Crippen LogP contribution in [0.2, 0.25) is 0 Å². The number of thiocarbonyl (C=S) groups is 1. The van der Waals surface area contributed by atoms with Gasteiger partial charge in [-0.1, -0.05) is 18.2 Å². The minimum Gasteiger partial charge on any atom is -0.382 e. The van der Waals surface area contributed by atoms with Crippen molar-refractivity contribution in [3.8, 4) is 0 Å². The van der Waals surface area contributed by atoms with Crippen LogP contribution in [0.4, 0.5) is 5.69 Å². The first-order valence-corrected chi connectivity index (χ1v) is 7.60. The maximum atomic E-state index is 5.32. The SMILES string of the molecule is CCOCCCNC(=S)Nc1cccc2ccc(C)nc12. The van der Waals surface area contributed by atoms with E-state index in [4.69, 9.17) is 17.0 Å². The molecule has 2 aromatic rings. The van der Waals surface area contributed by atoms with Crippen molar-refractivity contribution in [2.24, 2.45) is 0 Å². The third-order valence-electron chi connectivity index (χ3n) is 3.06. The van der Waals surface area contributed by atoms with Gasteiger partial charge >= 0.3 is 0 Å². The van der Waals surface area contributed by atoms with Crippen molar-refractivity contribution in [2.45, 2.75) is 20.3 Å². The van der Waals surface area contributed by atoms with Crippen LogP contribution in [0.5, 0.6) is 0 Å². The molecule has 0 unspecified atom stereocenters. The first-order chi connectivity index (χ1) is 10.2. The maximum Gasteiger partial charge on any atom is 0.170 e. The predicted molar refractivity (Wildman–Crippen MR) is 91.8 cm³/mol. The highest BCUT2D eigenvalue weighted by Crippen LogP contribution is 2.21. The highest BCUT2D eigenvalue weighted by Gasteiger charge is 2.04. The van der Waals surface area contributed by atoms with Crippen molar-refractivity contribution >= 4 is 33.9 Å². The minimum atomic E-state index is 0.613. The van der Waals surface area contributed by atoms with Gasteiger partial charge in [-0.2, -0.15) is 0 Å². The van der Waals surface area contributed by atoms with E-state index in [1.54, 1.807) is 0 Å². The van der Waals surface area contributed by atoms with Crippen LogP contribution in [-0.4, -0.2) is 29.9 Å². The van der Waals surface area contributed by atoms with Crippen LogP contribution in [0.25, 0.3) is 10.9 Å². The van der Waals surface area contributed by atoms with E-state index >= 15 is 0 Å².